The number of halogens is 3. The van der Waals surface area contributed by atoms with Crippen molar-refractivity contribution in [2.45, 2.75) is 37.2 Å². The quantitative estimate of drug-likeness (QED) is 0.459. The molecule has 0 radical (unpaired) electrons. The number of rotatable bonds is 4. The second-order valence-electron chi connectivity index (χ2n) is 3.69. The summed E-state index contributed by atoms with van der Waals surface area (Å²) in [5.74, 6) is 0.172. The minimum Gasteiger partial charge on any atom is -0.370 e. The van der Waals surface area contributed by atoms with E-state index in [2.05, 4.69) is 10.3 Å². The van der Waals surface area contributed by atoms with Gasteiger partial charge in [-0.05, 0) is 24.6 Å². The fraction of sp³-hybridized carbons (Fsp3) is 0.889. The van der Waals surface area contributed by atoms with Gasteiger partial charge in [0.15, 0.2) is 5.96 Å². The maximum absolute atomic E-state index is 11.8. The predicted octanol–water partition coefficient (Wildman–Crippen LogP) is 2.09. The number of thioether (sulfide) groups is 1. The molecule has 1 aliphatic rings. The number of aliphatic imine (C=N–C) groups is 1. The molecule has 1 aliphatic carbocycles. The summed E-state index contributed by atoms with van der Waals surface area (Å²) < 4.78 is 35.3. The molecule has 0 spiro atoms. The third-order valence-electron chi connectivity index (χ3n) is 2.35. The molecule has 3 nitrogen and oxygen atoms in total. The molecular weight excluding hydrogens is 239 g/mol. The molecule has 0 aromatic carbocycles. The molecule has 94 valence electrons. The maximum Gasteiger partial charge on any atom is 0.441 e. The Labute approximate surface area is 97.1 Å². The Morgan fingerprint density at radius 2 is 2.00 bits per heavy atom. The van der Waals surface area contributed by atoms with Crippen LogP contribution in [-0.4, -0.2) is 29.8 Å². The molecule has 7 heteroatoms. The van der Waals surface area contributed by atoms with Crippen molar-refractivity contribution in [2.24, 2.45) is 10.7 Å². The Bertz CT molecular complexity index is 237. The van der Waals surface area contributed by atoms with E-state index in [1.807, 2.05) is 0 Å². The monoisotopic (exact) mass is 255 g/mol. The van der Waals surface area contributed by atoms with Crippen molar-refractivity contribution in [3.05, 3.63) is 0 Å². The smallest absolute Gasteiger partial charge is 0.370 e. The Balaban J connectivity index is 2.13. The van der Waals surface area contributed by atoms with Crippen LogP contribution < -0.4 is 11.1 Å². The molecule has 16 heavy (non-hydrogen) atoms. The fourth-order valence-corrected chi connectivity index (χ4v) is 2.07. The number of hydrogen-bond donors (Lipinski definition) is 2. The zero-order valence-electron chi connectivity index (χ0n) is 8.89. The highest BCUT2D eigenvalue weighted by Crippen LogP contribution is 2.29. The van der Waals surface area contributed by atoms with Crippen molar-refractivity contribution in [3.63, 3.8) is 0 Å². The number of nitrogens with zero attached hydrogens (tertiary/aromatic N) is 1. The number of nitrogens with two attached hydrogens (primary N) is 1. The topological polar surface area (TPSA) is 50.4 Å². The maximum atomic E-state index is 11.8. The minimum absolute atomic E-state index is 0.0721. The third-order valence-corrected chi connectivity index (χ3v) is 3.06. The average Bonchev–Trinajstić information content (AvgIpc) is 2.63. The molecule has 0 aromatic heterocycles. The molecule has 1 rings (SSSR count). The van der Waals surface area contributed by atoms with E-state index in [1.165, 1.54) is 12.8 Å². The van der Waals surface area contributed by atoms with Gasteiger partial charge in [0, 0.05) is 11.8 Å². The van der Waals surface area contributed by atoms with Crippen LogP contribution in [0.3, 0.4) is 0 Å². The van der Waals surface area contributed by atoms with Crippen LogP contribution >= 0.6 is 11.8 Å². The first-order chi connectivity index (χ1) is 7.47. The van der Waals surface area contributed by atoms with Crippen LogP contribution in [0.15, 0.2) is 4.99 Å². The van der Waals surface area contributed by atoms with Gasteiger partial charge in [-0.2, -0.15) is 13.2 Å². The van der Waals surface area contributed by atoms with E-state index in [1.54, 1.807) is 0 Å². The second kappa shape index (κ2) is 6.22. The normalized spacial score (nSPS) is 19.1. The molecule has 0 unspecified atom stereocenters. The number of alkyl halides is 3. The molecule has 0 bridgehead atoms. The van der Waals surface area contributed by atoms with Crippen molar-refractivity contribution < 1.29 is 13.2 Å². The van der Waals surface area contributed by atoms with Gasteiger partial charge in [-0.25, -0.2) is 0 Å². The van der Waals surface area contributed by atoms with E-state index in [-0.39, 0.29) is 30.0 Å². The van der Waals surface area contributed by atoms with Crippen LogP contribution in [0, 0.1) is 0 Å². The molecule has 1 fully saturated rings. The molecule has 3 N–H and O–H groups in total. The van der Waals surface area contributed by atoms with Crippen molar-refractivity contribution in [2.75, 3.05) is 12.3 Å². The lowest BCUT2D eigenvalue weighted by molar-refractivity contribution is -0.0327. The van der Waals surface area contributed by atoms with Gasteiger partial charge in [-0.15, -0.1) is 0 Å². The molecule has 0 aromatic rings. The molecule has 1 saturated carbocycles. The minimum atomic E-state index is -4.18. The zero-order chi connectivity index (χ0) is 12.0. The van der Waals surface area contributed by atoms with Crippen LogP contribution in [0.25, 0.3) is 0 Å². The summed E-state index contributed by atoms with van der Waals surface area (Å²) in [6, 6.07) is 0.346. The highest BCUT2D eigenvalue weighted by Gasteiger charge is 2.27. The van der Waals surface area contributed by atoms with Crippen LogP contribution in [0.5, 0.6) is 0 Å². The lowest BCUT2D eigenvalue weighted by Crippen LogP contribution is -2.38. The first-order valence-corrected chi connectivity index (χ1v) is 6.23. The lowest BCUT2D eigenvalue weighted by atomic mass is 10.3. The highest BCUT2D eigenvalue weighted by atomic mass is 32.2. The average molecular weight is 255 g/mol. The molecular formula is C9H16F3N3S. The summed E-state index contributed by atoms with van der Waals surface area (Å²) in [4.78, 5) is 3.85. The number of hydrogen-bond acceptors (Lipinski definition) is 2. The summed E-state index contributed by atoms with van der Waals surface area (Å²) in [5.41, 5.74) is 1.37. The Morgan fingerprint density at radius 3 is 2.56 bits per heavy atom. The lowest BCUT2D eigenvalue weighted by Gasteiger charge is -2.12. The van der Waals surface area contributed by atoms with Crippen LogP contribution in [-0.2, 0) is 0 Å². The van der Waals surface area contributed by atoms with Gasteiger partial charge in [0.1, 0.15) is 0 Å². The van der Waals surface area contributed by atoms with Gasteiger partial charge in [-0.3, -0.25) is 4.99 Å². The summed E-state index contributed by atoms with van der Waals surface area (Å²) >= 11 is -0.0721. The van der Waals surface area contributed by atoms with Gasteiger partial charge < -0.3 is 11.1 Å². The van der Waals surface area contributed by atoms with Crippen molar-refractivity contribution >= 4 is 17.7 Å². The Morgan fingerprint density at radius 1 is 1.38 bits per heavy atom. The first kappa shape index (κ1) is 13.5. The van der Waals surface area contributed by atoms with Gasteiger partial charge in [0.25, 0.3) is 0 Å². The molecule has 0 amide bonds. The van der Waals surface area contributed by atoms with Crippen molar-refractivity contribution in [3.8, 4) is 0 Å². The molecule has 0 heterocycles. The predicted molar refractivity (Wildman–Crippen MR) is 60.4 cm³/mol. The van der Waals surface area contributed by atoms with E-state index < -0.39 is 5.51 Å². The fourth-order valence-electron chi connectivity index (χ4n) is 1.65. The summed E-state index contributed by atoms with van der Waals surface area (Å²) in [7, 11) is 0. The third kappa shape index (κ3) is 6.09. The first-order valence-electron chi connectivity index (χ1n) is 5.24. The van der Waals surface area contributed by atoms with E-state index in [0.717, 1.165) is 12.8 Å². The van der Waals surface area contributed by atoms with Crippen LogP contribution in [0.1, 0.15) is 25.7 Å². The van der Waals surface area contributed by atoms with Gasteiger partial charge >= 0.3 is 5.51 Å². The molecule has 0 aliphatic heterocycles. The summed E-state index contributed by atoms with van der Waals surface area (Å²) in [6.07, 6.45) is 4.48. The SMILES string of the molecule is NC(=NCCSC(F)(F)F)NC1CCCC1. The van der Waals surface area contributed by atoms with Gasteiger partial charge in [0.05, 0.1) is 6.54 Å². The van der Waals surface area contributed by atoms with Crippen molar-refractivity contribution in [1.29, 1.82) is 0 Å². The zero-order valence-corrected chi connectivity index (χ0v) is 9.70. The summed E-state index contributed by atoms with van der Waals surface area (Å²) in [6.45, 7) is 0.0930. The van der Waals surface area contributed by atoms with Gasteiger partial charge in [-0.1, -0.05) is 12.8 Å². The van der Waals surface area contributed by atoms with E-state index in [9.17, 15) is 13.2 Å². The van der Waals surface area contributed by atoms with Crippen LogP contribution in [0.2, 0.25) is 0 Å². The second-order valence-corrected chi connectivity index (χ2v) is 4.85. The largest absolute Gasteiger partial charge is 0.441 e. The molecule has 0 atom stereocenters. The summed E-state index contributed by atoms with van der Waals surface area (Å²) in [5, 5.41) is 3.01. The number of nitrogens with one attached hydrogen (secondary N) is 1. The van der Waals surface area contributed by atoms with E-state index in [0.29, 0.717) is 6.04 Å². The Kier molecular flexibility index (Phi) is 5.24. The van der Waals surface area contributed by atoms with E-state index in [4.69, 9.17) is 5.73 Å². The highest BCUT2D eigenvalue weighted by molar-refractivity contribution is 8.00. The molecule has 0 saturated heterocycles. The van der Waals surface area contributed by atoms with Crippen LogP contribution in [0.4, 0.5) is 13.2 Å². The Hall–Kier alpha value is -0.590. The van der Waals surface area contributed by atoms with E-state index >= 15 is 0 Å². The number of guanidine groups is 1. The standard InChI is InChI=1S/C9H16F3N3S/c10-9(11,12)16-6-5-14-8(13)15-7-3-1-2-4-7/h7H,1-6H2,(H3,13,14,15). The van der Waals surface area contributed by atoms with Crippen molar-refractivity contribution in [1.82, 2.24) is 5.32 Å². The van der Waals surface area contributed by atoms with Gasteiger partial charge in [0.2, 0.25) is 0 Å².